The number of halogens is 1. The van der Waals surface area contributed by atoms with Gasteiger partial charge in [0.05, 0.1) is 17.0 Å². The zero-order valence-electron chi connectivity index (χ0n) is 28.0. The first-order valence-corrected chi connectivity index (χ1v) is 17.6. The maximum absolute atomic E-state index is 15.9. The summed E-state index contributed by atoms with van der Waals surface area (Å²) in [6.45, 7) is 7.35. The second kappa shape index (κ2) is 14.6. The van der Waals surface area contributed by atoms with Gasteiger partial charge in [-0.3, -0.25) is 14.4 Å². The SMILES string of the molecule is CCCc1nc2ccn(CC(=O)NC(C)(C)C)c(=O)c2n1Cc1ccc(-c2ccccc2S(=O)(=O)NC(=O)CCc2ccccc2)cc1F. The van der Waals surface area contributed by atoms with E-state index in [4.69, 9.17) is 0 Å². The summed E-state index contributed by atoms with van der Waals surface area (Å²) in [7, 11) is -4.27. The molecule has 2 N–H and O–H groups in total. The van der Waals surface area contributed by atoms with Gasteiger partial charge in [0.25, 0.3) is 15.6 Å². The van der Waals surface area contributed by atoms with Gasteiger partial charge in [-0.05, 0) is 62.9 Å². The predicted molar refractivity (Wildman–Crippen MR) is 187 cm³/mol. The number of aryl methyl sites for hydroxylation is 2. The van der Waals surface area contributed by atoms with E-state index in [1.807, 2.05) is 58.0 Å². The zero-order valence-corrected chi connectivity index (χ0v) is 28.8. The van der Waals surface area contributed by atoms with Crippen LogP contribution in [0.1, 0.15) is 57.5 Å². The van der Waals surface area contributed by atoms with E-state index < -0.39 is 32.8 Å². The number of carbonyl (C=O) groups is 2. The van der Waals surface area contributed by atoms with Crippen molar-refractivity contribution in [2.24, 2.45) is 0 Å². The summed E-state index contributed by atoms with van der Waals surface area (Å²) in [5.74, 6) is -0.967. The molecule has 2 aromatic heterocycles. The average Bonchev–Trinajstić information content (AvgIpc) is 3.39. The molecule has 0 saturated heterocycles. The molecule has 0 spiro atoms. The molecule has 256 valence electrons. The van der Waals surface area contributed by atoms with E-state index >= 15 is 4.39 Å². The Kier molecular flexibility index (Phi) is 10.5. The van der Waals surface area contributed by atoms with Gasteiger partial charge in [0.1, 0.15) is 23.7 Å². The van der Waals surface area contributed by atoms with Crippen molar-refractivity contribution in [1.82, 2.24) is 24.2 Å². The number of nitrogens with zero attached hydrogens (tertiary/aromatic N) is 3. The molecule has 0 fully saturated rings. The van der Waals surface area contributed by atoms with E-state index in [1.165, 1.54) is 29.0 Å². The lowest BCUT2D eigenvalue weighted by Gasteiger charge is -2.20. The highest BCUT2D eigenvalue weighted by molar-refractivity contribution is 7.90. The fourth-order valence-electron chi connectivity index (χ4n) is 5.66. The van der Waals surface area contributed by atoms with Crippen LogP contribution in [-0.2, 0) is 45.5 Å². The normalized spacial score (nSPS) is 11.9. The van der Waals surface area contributed by atoms with Crippen molar-refractivity contribution in [1.29, 1.82) is 0 Å². The topological polar surface area (TPSA) is 132 Å². The van der Waals surface area contributed by atoms with Crippen LogP contribution in [0.15, 0.2) is 94.7 Å². The molecule has 2 heterocycles. The molecular weight excluding hydrogens is 646 g/mol. The minimum atomic E-state index is -4.27. The number of aromatic nitrogens is 3. The standard InChI is InChI=1S/C37H40FN5O5S/c1-5-11-32-39-30-20-21-42(24-34(45)40-37(2,3)4)36(46)35(30)43(32)23-27-18-17-26(22-29(27)38)28-14-9-10-15-31(28)49(47,48)41-33(44)19-16-25-12-7-6-8-13-25/h6-10,12-15,17-18,20-22H,5,11,16,19,23-24H2,1-4H3,(H,40,45)(H,41,44). The Morgan fingerprint density at radius 1 is 0.918 bits per heavy atom. The Hall–Kier alpha value is -5.10. The van der Waals surface area contributed by atoms with Gasteiger partial charge in [0.2, 0.25) is 11.8 Å². The molecule has 0 bridgehead atoms. The van der Waals surface area contributed by atoms with E-state index in [-0.39, 0.29) is 47.0 Å². The molecular formula is C37H40FN5O5S. The van der Waals surface area contributed by atoms with Gasteiger partial charge in [-0.2, -0.15) is 0 Å². The lowest BCUT2D eigenvalue weighted by Crippen LogP contribution is -2.43. The molecule has 5 aromatic rings. The van der Waals surface area contributed by atoms with Crippen LogP contribution >= 0.6 is 0 Å². The molecule has 2 amide bonds. The number of sulfonamides is 1. The minimum absolute atomic E-state index is 0.0111. The van der Waals surface area contributed by atoms with Gasteiger partial charge in [-0.1, -0.05) is 67.6 Å². The molecule has 0 aliphatic heterocycles. The van der Waals surface area contributed by atoms with Crippen molar-refractivity contribution in [3.63, 3.8) is 0 Å². The quantitative estimate of drug-likeness (QED) is 0.182. The van der Waals surface area contributed by atoms with Gasteiger partial charge in [-0.25, -0.2) is 22.5 Å². The number of hydrogen-bond donors (Lipinski definition) is 2. The van der Waals surface area contributed by atoms with Crippen LogP contribution in [0.3, 0.4) is 0 Å². The highest BCUT2D eigenvalue weighted by Crippen LogP contribution is 2.29. The van der Waals surface area contributed by atoms with Gasteiger partial charge >= 0.3 is 0 Å². The van der Waals surface area contributed by atoms with E-state index in [0.29, 0.717) is 29.7 Å². The van der Waals surface area contributed by atoms with Crippen LogP contribution in [-0.4, -0.2) is 39.9 Å². The number of fused-ring (bicyclic) bond motifs is 1. The first kappa shape index (κ1) is 35.2. The summed E-state index contributed by atoms with van der Waals surface area (Å²) in [6, 6.07) is 21.5. The van der Waals surface area contributed by atoms with Crippen LogP contribution in [0.2, 0.25) is 0 Å². The Morgan fingerprint density at radius 3 is 2.33 bits per heavy atom. The van der Waals surface area contributed by atoms with Gasteiger partial charge in [0, 0.05) is 35.7 Å². The highest BCUT2D eigenvalue weighted by atomic mass is 32.2. The van der Waals surface area contributed by atoms with Crippen LogP contribution in [0.4, 0.5) is 4.39 Å². The van der Waals surface area contributed by atoms with E-state index in [9.17, 15) is 22.8 Å². The number of hydrogen-bond acceptors (Lipinski definition) is 6. The molecule has 49 heavy (non-hydrogen) atoms. The maximum Gasteiger partial charge on any atom is 0.277 e. The Labute approximate surface area is 285 Å². The zero-order chi connectivity index (χ0) is 35.3. The summed E-state index contributed by atoms with van der Waals surface area (Å²) in [4.78, 5) is 43.4. The lowest BCUT2D eigenvalue weighted by molar-refractivity contribution is -0.123. The summed E-state index contributed by atoms with van der Waals surface area (Å²) in [5, 5.41) is 2.85. The van der Waals surface area contributed by atoms with Crippen LogP contribution < -0.4 is 15.6 Å². The largest absolute Gasteiger partial charge is 0.350 e. The lowest BCUT2D eigenvalue weighted by atomic mass is 10.0. The number of carbonyl (C=O) groups excluding carboxylic acids is 2. The molecule has 10 nitrogen and oxygen atoms in total. The summed E-state index contributed by atoms with van der Waals surface area (Å²) in [6.07, 6.45) is 3.17. The second-order valence-corrected chi connectivity index (χ2v) is 14.6. The number of nitrogens with one attached hydrogen (secondary N) is 2. The smallest absolute Gasteiger partial charge is 0.277 e. The fraction of sp³-hybridized carbons (Fsp3) is 0.297. The number of pyridine rings is 1. The molecule has 0 aliphatic rings. The summed E-state index contributed by atoms with van der Waals surface area (Å²) >= 11 is 0. The van der Waals surface area contributed by atoms with E-state index in [1.54, 1.807) is 34.9 Å². The summed E-state index contributed by atoms with van der Waals surface area (Å²) in [5.41, 5.74) is 1.52. The Balaban J connectivity index is 1.42. The predicted octanol–water partition coefficient (Wildman–Crippen LogP) is 5.36. The van der Waals surface area contributed by atoms with Gasteiger partial charge < -0.3 is 14.5 Å². The third-order valence-corrected chi connectivity index (χ3v) is 9.28. The van der Waals surface area contributed by atoms with E-state index in [0.717, 1.165) is 12.0 Å². The monoisotopic (exact) mass is 685 g/mol. The van der Waals surface area contributed by atoms with Crippen molar-refractivity contribution in [3.05, 3.63) is 118 Å². The number of benzene rings is 3. The van der Waals surface area contributed by atoms with Crippen LogP contribution in [0, 0.1) is 5.82 Å². The third kappa shape index (κ3) is 8.50. The van der Waals surface area contributed by atoms with Crippen LogP contribution in [0.25, 0.3) is 22.2 Å². The third-order valence-electron chi connectivity index (χ3n) is 7.85. The maximum atomic E-state index is 15.9. The first-order chi connectivity index (χ1) is 23.3. The summed E-state index contributed by atoms with van der Waals surface area (Å²) < 4.78 is 47.7. The van der Waals surface area contributed by atoms with Gasteiger partial charge in [0.15, 0.2) is 0 Å². The molecule has 5 rings (SSSR count). The number of imidazole rings is 1. The fourth-order valence-corrected chi connectivity index (χ4v) is 6.90. The Bertz CT molecular complexity index is 2170. The molecule has 12 heteroatoms. The van der Waals surface area contributed by atoms with E-state index in [2.05, 4.69) is 15.0 Å². The van der Waals surface area contributed by atoms with Crippen molar-refractivity contribution in [2.75, 3.05) is 0 Å². The first-order valence-electron chi connectivity index (χ1n) is 16.1. The van der Waals surface area contributed by atoms with Crippen molar-refractivity contribution < 1.29 is 22.4 Å². The van der Waals surface area contributed by atoms with Crippen molar-refractivity contribution >= 4 is 32.9 Å². The average molecular weight is 686 g/mol. The second-order valence-electron chi connectivity index (χ2n) is 13.0. The minimum Gasteiger partial charge on any atom is -0.350 e. The molecule has 0 saturated carbocycles. The van der Waals surface area contributed by atoms with Crippen molar-refractivity contribution in [2.45, 2.75) is 76.9 Å². The number of rotatable bonds is 12. The number of amides is 2. The Morgan fingerprint density at radius 2 is 1.63 bits per heavy atom. The molecule has 0 atom stereocenters. The molecule has 0 aliphatic carbocycles. The highest BCUT2D eigenvalue weighted by Gasteiger charge is 2.23. The van der Waals surface area contributed by atoms with Gasteiger partial charge in [-0.15, -0.1) is 0 Å². The molecule has 0 radical (unpaired) electrons. The molecule has 0 unspecified atom stereocenters. The van der Waals surface area contributed by atoms with Crippen molar-refractivity contribution in [3.8, 4) is 11.1 Å². The molecule has 3 aromatic carbocycles. The van der Waals surface area contributed by atoms with Crippen LogP contribution in [0.5, 0.6) is 0 Å².